The summed E-state index contributed by atoms with van der Waals surface area (Å²) < 4.78 is 10.9. The van der Waals surface area contributed by atoms with E-state index in [1.165, 1.54) is 6.42 Å². The Hall–Kier alpha value is -3.13. The number of nitrogens with zero attached hydrogens (tertiary/aromatic N) is 3. The minimum absolute atomic E-state index is 0.110. The van der Waals surface area contributed by atoms with Gasteiger partial charge < -0.3 is 20.0 Å². The first-order valence-corrected chi connectivity index (χ1v) is 10.1. The van der Waals surface area contributed by atoms with E-state index in [2.05, 4.69) is 15.0 Å². The predicted octanol–water partition coefficient (Wildman–Crippen LogP) is 2.44. The second kappa shape index (κ2) is 11.2. The molecular formula is C22H28N4O4. The molecule has 0 amide bonds. The van der Waals surface area contributed by atoms with Gasteiger partial charge in [-0.3, -0.25) is 9.88 Å². The van der Waals surface area contributed by atoms with Crippen molar-refractivity contribution in [3.8, 4) is 5.75 Å². The van der Waals surface area contributed by atoms with Gasteiger partial charge in [-0.2, -0.15) is 0 Å². The lowest BCUT2D eigenvalue weighted by atomic mass is 10.1. The Labute approximate surface area is 176 Å². The van der Waals surface area contributed by atoms with E-state index in [9.17, 15) is 4.79 Å². The van der Waals surface area contributed by atoms with Crippen LogP contribution in [0.2, 0.25) is 0 Å². The van der Waals surface area contributed by atoms with Gasteiger partial charge in [-0.15, -0.1) is 0 Å². The Balaban J connectivity index is 1.62. The van der Waals surface area contributed by atoms with Gasteiger partial charge >= 0.3 is 5.97 Å². The molecule has 0 saturated carbocycles. The summed E-state index contributed by atoms with van der Waals surface area (Å²) >= 11 is 0. The van der Waals surface area contributed by atoms with Gasteiger partial charge in [-0.05, 0) is 62.3 Å². The molecule has 0 radical (unpaired) electrons. The maximum Gasteiger partial charge on any atom is 0.338 e. The van der Waals surface area contributed by atoms with Crippen LogP contribution in [0.5, 0.6) is 5.75 Å². The number of methoxy groups -OCH3 is 1. The molecule has 160 valence electrons. The van der Waals surface area contributed by atoms with E-state index in [0.29, 0.717) is 23.4 Å². The van der Waals surface area contributed by atoms with Crippen molar-refractivity contribution in [2.45, 2.75) is 25.4 Å². The van der Waals surface area contributed by atoms with Crippen LogP contribution in [0, 0.1) is 0 Å². The topological polar surface area (TPSA) is 99.3 Å². The summed E-state index contributed by atoms with van der Waals surface area (Å²) in [5, 5.41) is 3.96. The quantitative estimate of drug-likeness (QED) is 0.292. The largest absolute Gasteiger partial charge is 0.497 e. The van der Waals surface area contributed by atoms with E-state index >= 15 is 0 Å². The van der Waals surface area contributed by atoms with Crippen LogP contribution in [-0.4, -0.2) is 61.1 Å². The molecule has 1 aromatic carbocycles. The molecule has 30 heavy (non-hydrogen) atoms. The third-order valence-electron chi connectivity index (χ3n) is 4.89. The number of benzene rings is 1. The summed E-state index contributed by atoms with van der Waals surface area (Å²) in [7, 11) is 1.58. The van der Waals surface area contributed by atoms with Crippen LogP contribution >= 0.6 is 0 Å². The Morgan fingerprint density at radius 3 is 2.60 bits per heavy atom. The minimum Gasteiger partial charge on any atom is -0.497 e. The van der Waals surface area contributed by atoms with E-state index in [1.54, 1.807) is 55.9 Å². The number of carbonyl (C=O) groups excluding carboxylic acids is 1. The molecule has 0 bridgehead atoms. The number of ether oxygens (including phenoxy) is 2. The van der Waals surface area contributed by atoms with Crippen LogP contribution in [0.4, 0.5) is 0 Å². The second-order valence-electron chi connectivity index (χ2n) is 7.13. The highest BCUT2D eigenvalue weighted by atomic mass is 16.6. The molecule has 1 unspecified atom stereocenters. The molecule has 1 fully saturated rings. The van der Waals surface area contributed by atoms with Gasteiger partial charge in [0, 0.05) is 24.5 Å². The number of amidine groups is 1. The third-order valence-corrected chi connectivity index (χ3v) is 4.89. The van der Waals surface area contributed by atoms with Crippen molar-refractivity contribution in [2.24, 2.45) is 10.9 Å². The van der Waals surface area contributed by atoms with Crippen LogP contribution in [0.25, 0.3) is 0 Å². The first-order chi connectivity index (χ1) is 14.7. The van der Waals surface area contributed by atoms with Gasteiger partial charge in [-0.1, -0.05) is 11.6 Å². The molecule has 1 aliphatic heterocycles. The number of likely N-dealkylation sites (tertiary alicyclic amines) is 1. The summed E-state index contributed by atoms with van der Waals surface area (Å²) in [6, 6.07) is 10.4. The van der Waals surface area contributed by atoms with Gasteiger partial charge in [-0.25, -0.2) is 4.79 Å². The number of aromatic nitrogens is 1. The lowest BCUT2D eigenvalue weighted by molar-refractivity contribution is -0.0170. The zero-order valence-electron chi connectivity index (χ0n) is 17.2. The van der Waals surface area contributed by atoms with E-state index in [1.807, 2.05) is 0 Å². The molecule has 2 aromatic rings. The van der Waals surface area contributed by atoms with E-state index in [4.69, 9.17) is 20.0 Å². The molecule has 0 spiro atoms. The molecular weight excluding hydrogens is 384 g/mol. The molecule has 1 atom stereocenters. The summed E-state index contributed by atoms with van der Waals surface area (Å²) in [4.78, 5) is 24.3. The lowest BCUT2D eigenvalue weighted by Gasteiger charge is -2.29. The number of piperidine rings is 1. The molecule has 1 aromatic heterocycles. The number of rotatable bonds is 9. The van der Waals surface area contributed by atoms with E-state index < -0.39 is 12.1 Å². The number of pyridine rings is 1. The van der Waals surface area contributed by atoms with Crippen LogP contribution in [0.15, 0.2) is 53.9 Å². The van der Waals surface area contributed by atoms with Gasteiger partial charge in [0.2, 0.25) is 0 Å². The maximum atomic E-state index is 12.6. The van der Waals surface area contributed by atoms with Crippen molar-refractivity contribution >= 4 is 11.8 Å². The fourth-order valence-electron chi connectivity index (χ4n) is 3.26. The molecule has 2 heterocycles. The summed E-state index contributed by atoms with van der Waals surface area (Å²) in [5.41, 5.74) is 7.06. The molecule has 1 aliphatic rings. The third kappa shape index (κ3) is 6.45. The fourth-order valence-corrected chi connectivity index (χ4v) is 3.26. The highest BCUT2D eigenvalue weighted by Gasteiger charge is 2.22. The Morgan fingerprint density at radius 1 is 1.17 bits per heavy atom. The number of hydrogen-bond donors (Lipinski definition) is 1. The monoisotopic (exact) mass is 412 g/mol. The lowest BCUT2D eigenvalue weighted by Crippen LogP contribution is -2.40. The van der Waals surface area contributed by atoms with E-state index in [-0.39, 0.29) is 12.4 Å². The molecule has 1 saturated heterocycles. The zero-order chi connectivity index (χ0) is 21.2. The maximum absolute atomic E-state index is 12.6. The number of esters is 1. The first kappa shape index (κ1) is 21.6. The Morgan fingerprint density at radius 2 is 1.93 bits per heavy atom. The number of oxime groups is 1. The zero-order valence-corrected chi connectivity index (χ0v) is 17.2. The highest BCUT2D eigenvalue weighted by molar-refractivity contribution is 5.96. The van der Waals surface area contributed by atoms with Crippen molar-refractivity contribution in [2.75, 3.05) is 33.4 Å². The molecule has 2 N–H and O–H groups in total. The van der Waals surface area contributed by atoms with Crippen molar-refractivity contribution in [3.63, 3.8) is 0 Å². The smallest absolute Gasteiger partial charge is 0.338 e. The van der Waals surface area contributed by atoms with Gasteiger partial charge in [0.05, 0.1) is 12.7 Å². The van der Waals surface area contributed by atoms with Gasteiger partial charge in [0.15, 0.2) is 18.5 Å². The summed E-state index contributed by atoms with van der Waals surface area (Å²) in [6.07, 6.45) is 6.32. The van der Waals surface area contributed by atoms with Crippen molar-refractivity contribution in [3.05, 3.63) is 59.9 Å². The summed E-state index contributed by atoms with van der Waals surface area (Å²) in [5.74, 6) is 0.494. The van der Waals surface area contributed by atoms with Crippen LogP contribution < -0.4 is 10.5 Å². The molecule has 8 nitrogen and oxygen atoms in total. The second-order valence-corrected chi connectivity index (χ2v) is 7.13. The van der Waals surface area contributed by atoms with Crippen LogP contribution in [0.3, 0.4) is 0 Å². The Kier molecular flexibility index (Phi) is 8.02. The van der Waals surface area contributed by atoms with Gasteiger partial charge in [0.25, 0.3) is 0 Å². The van der Waals surface area contributed by atoms with Crippen molar-refractivity contribution in [1.82, 2.24) is 9.88 Å². The standard InChI is InChI=1S/C22H28N4O4/c1-28-19-9-7-17(8-10-19)22(27)30-20(15-26-12-3-2-4-13-26)16-29-25-21(23)18-6-5-11-24-14-18/h5-11,14,20H,2-4,12-13,15-16H2,1H3,(H2,23,25). The first-order valence-electron chi connectivity index (χ1n) is 10.1. The highest BCUT2D eigenvalue weighted by Crippen LogP contribution is 2.15. The molecule has 3 rings (SSSR count). The molecule has 0 aliphatic carbocycles. The molecule has 8 heteroatoms. The summed E-state index contributed by atoms with van der Waals surface area (Å²) in [6.45, 7) is 2.67. The SMILES string of the molecule is COc1ccc(C(=O)OC(CON=C(N)c2cccnc2)CN2CCCCC2)cc1. The minimum atomic E-state index is -0.469. The van der Waals surface area contributed by atoms with E-state index in [0.717, 1.165) is 25.9 Å². The van der Waals surface area contributed by atoms with Crippen LogP contribution in [0.1, 0.15) is 35.2 Å². The average Bonchev–Trinajstić information content (AvgIpc) is 2.80. The number of hydrogen-bond acceptors (Lipinski definition) is 7. The number of carbonyl (C=O) groups is 1. The predicted molar refractivity (Wildman–Crippen MR) is 113 cm³/mol. The van der Waals surface area contributed by atoms with Gasteiger partial charge in [0.1, 0.15) is 5.75 Å². The van der Waals surface area contributed by atoms with Crippen LogP contribution in [-0.2, 0) is 9.57 Å². The fraction of sp³-hybridized carbons (Fsp3) is 0.409. The Bertz CT molecular complexity index is 821. The number of nitrogens with two attached hydrogens (primary N) is 1. The van der Waals surface area contributed by atoms with Crippen molar-refractivity contribution in [1.29, 1.82) is 0 Å². The average molecular weight is 412 g/mol. The van der Waals surface area contributed by atoms with Crippen molar-refractivity contribution < 1.29 is 19.1 Å². The normalized spacial score (nSPS) is 16.0.